The van der Waals surface area contributed by atoms with Gasteiger partial charge in [0.25, 0.3) is 0 Å². The highest BCUT2D eigenvalue weighted by atomic mass is 16.7. The lowest BCUT2D eigenvalue weighted by molar-refractivity contribution is -0.278. The summed E-state index contributed by atoms with van der Waals surface area (Å²) in [6, 6.07) is 3.71. The number of benzene rings is 1. The first-order valence-corrected chi connectivity index (χ1v) is 11.1. The van der Waals surface area contributed by atoms with Crippen molar-refractivity contribution in [1.29, 1.82) is 0 Å². The predicted octanol–water partition coefficient (Wildman–Crippen LogP) is -3.54. The van der Waals surface area contributed by atoms with Gasteiger partial charge in [0.15, 0.2) is 0 Å². The van der Waals surface area contributed by atoms with Gasteiger partial charge in [-0.2, -0.15) is 0 Å². The Balaban J connectivity index is 1.70. The Morgan fingerprint density at radius 2 is 1.28 bits per heavy atom. The number of hydrogen-bond acceptors (Lipinski definition) is 14. The van der Waals surface area contributed by atoms with E-state index in [9.17, 15) is 45.6 Å². The van der Waals surface area contributed by atoms with E-state index in [1.807, 2.05) is 0 Å². The van der Waals surface area contributed by atoms with Crippen LogP contribution < -0.4 is 15.1 Å². The fourth-order valence-electron chi connectivity index (χ4n) is 4.17. The van der Waals surface area contributed by atoms with Gasteiger partial charge in [0.1, 0.15) is 65.9 Å². The van der Waals surface area contributed by atoms with E-state index in [1.54, 1.807) is 6.92 Å². The summed E-state index contributed by atoms with van der Waals surface area (Å²) in [5, 5.41) is 79.8. The van der Waals surface area contributed by atoms with Crippen molar-refractivity contribution in [2.45, 2.75) is 68.3 Å². The van der Waals surface area contributed by atoms with Crippen molar-refractivity contribution >= 4 is 11.0 Å². The molecule has 0 saturated carbocycles. The molecule has 14 heteroatoms. The molecule has 0 spiro atoms. The van der Waals surface area contributed by atoms with E-state index in [4.69, 9.17) is 23.4 Å². The third-order valence-corrected chi connectivity index (χ3v) is 6.17. The van der Waals surface area contributed by atoms with Gasteiger partial charge in [-0.05, 0) is 12.5 Å². The molecule has 14 nitrogen and oxygen atoms in total. The molecule has 200 valence electrons. The molecule has 2 aliphatic heterocycles. The molecule has 4 rings (SSSR count). The highest BCUT2D eigenvalue weighted by Gasteiger charge is 2.46. The molecular formula is C22H28O14. The summed E-state index contributed by atoms with van der Waals surface area (Å²) in [4.78, 5) is 12.0. The van der Waals surface area contributed by atoms with Gasteiger partial charge in [-0.25, -0.2) is 4.79 Å². The Morgan fingerprint density at radius 3 is 1.81 bits per heavy atom. The lowest BCUT2D eigenvalue weighted by Crippen LogP contribution is -2.60. The molecule has 2 fully saturated rings. The van der Waals surface area contributed by atoms with Gasteiger partial charge in [-0.1, -0.05) is 0 Å². The standard InChI is InChI=1S/C22H28O14/c1-7-2-13(25)33-9-3-8(32-21-19(30)17(28)15(26)11(5-23)35-21)4-10(14(7)9)34-22-20(31)18(29)16(27)12(6-24)36-22/h2-4,11-12,15-24,26-31H,5-6H2,1H3/t11-,12-,15-,16-,17+,18+,19-,20-,21-,22-/m1/s1. The highest BCUT2D eigenvalue weighted by molar-refractivity contribution is 5.88. The number of rotatable bonds is 6. The van der Waals surface area contributed by atoms with Crippen LogP contribution in [0.15, 0.2) is 27.4 Å². The van der Waals surface area contributed by atoms with Crippen molar-refractivity contribution in [2.75, 3.05) is 13.2 Å². The summed E-state index contributed by atoms with van der Waals surface area (Å²) in [6.07, 6.45) is -15.7. The van der Waals surface area contributed by atoms with Crippen LogP contribution in [0.4, 0.5) is 0 Å². The second kappa shape index (κ2) is 10.5. The minimum Gasteiger partial charge on any atom is -0.462 e. The Hall–Kier alpha value is -2.37. The second-order valence-corrected chi connectivity index (χ2v) is 8.67. The molecule has 0 radical (unpaired) electrons. The number of aliphatic hydroxyl groups is 8. The van der Waals surface area contributed by atoms with Crippen molar-refractivity contribution in [3.8, 4) is 11.5 Å². The topological polar surface area (TPSA) is 229 Å². The van der Waals surface area contributed by atoms with E-state index >= 15 is 0 Å². The summed E-state index contributed by atoms with van der Waals surface area (Å²) < 4.78 is 27.3. The fourth-order valence-corrected chi connectivity index (χ4v) is 4.17. The fraction of sp³-hybridized carbons (Fsp3) is 0.591. The van der Waals surface area contributed by atoms with E-state index in [0.717, 1.165) is 0 Å². The summed E-state index contributed by atoms with van der Waals surface area (Å²) in [7, 11) is 0. The molecule has 0 amide bonds. The van der Waals surface area contributed by atoms with Crippen LogP contribution in [-0.4, -0.2) is 115 Å². The van der Waals surface area contributed by atoms with Crippen LogP contribution in [0.2, 0.25) is 0 Å². The molecule has 0 unspecified atom stereocenters. The highest BCUT2D eigenvalue weighted by Crippen LogP contribution is 2.36. The average Bonchev–Trinajstić information content (AvgIpc) is 2.84. The summed E-state index contributed by atoms with van der Waals surface area (Å²) in [5.74, 6) is -0.183. The van der Waals surface area contributed by atoms with Gasteiger partial charge >= 0.3 is 5.63 Å². The van der Waals surface area contributed by atoms with Crippen LogP contribution in [0.25, 0.3) is 11.0 Å². The maximum Gasteiger partial charge on any atom is 0.336 e. The average molecular weight is 516 g/mol. The predicted molar refractivity (Wildman–Crippen MR) is 116 cm³/mol. The lowest BCUT2D eigenvalue weighted by Gasteiger charge is -2.40. The third-order valence-electron chi connectivity index (χ3n) is 6.17. The van der Waals surface area contributed by atoms with Crippen LogP contribution >= 0.6 is 0 Å². The van der Waals surface area contributed by atoms with Crippen molar-refractivity contribution in [3.63, 3.8) is 0 Å². The minimum absolute atomic E-state index is 0.0401. The van der Waals surface area contributed by atoms with Crippen LogP contribution in [0.5, 0.6) is 11.5 Å². The number of hydrogen-bond donors (Lipinski definition) is 8. The van der Waals surface area contributed by atoms with Crippen molar-refractivity contribution in [3.05, 3.63) is 34.2 Å². The van der Waals surface area contributed by atoms with E-state index < -0.39 is 80.3 Å². The van der Waals surface area contributed by atoms with E-state index in [-0.39, 0.29) is 22.5 Å². The van der Waals surface area contributed by atoms with Crippen LogP contribution in [0.3, 0.4) is 0 Å². The summed E-state index contributed by atoms with van der Waals surface area (Å²) >= 11 is 0. The molecule has 1 aromatic heterocycles. The Morgan fingerprint density at radius 1 is 0.750 bits per heavy atom. The molecule has 3 heterocycles. The Labute approximate surface area is 203 Å². The van der Waals surface area contributed by atoms with Gasteiger partial charge < -0.3 is 64.2 Å². The van der Waals surface area contributed by atoms with E-state index in [1.165, 1.54) is 18.2 Å². The zero-order valence-electron chi connectivity index (χ0n) is 18.9. The summed E-state index contributed by atoms with van der Waals surface area (Å²) in [5.41, 5.74) is -0.342. The monoisotopic (exact) mass is 516 g/mol. The van der Waals surface area contributed by atoms with Gasteiger partial charge in [0.2, 0.25) is 12.6 Å². The normalized spacial score (nSPS) is 37.1. The van der Waals surface area contributed by atoms with Crippen molar-refractivity contribution in [2.24, 2.45) is 0 Å². The van der Waals surface area contributed by atoms with E-state index in [0.29, 0.717) is 5.56 Å². The number of ether oxygens (including phenoxy) is 4. The van der Waals surface area contributed by atoms with Crippen LogP contribution in [-0.2, 0) is 9.47 Å². The molecule has 2 aliphatic rings. The second-order valence-electron chi connectivity index (χ2n) is 8.67. The first-order chi connectivity index (χ1) is 17.0. The maximum absolute atomic E-state index is 12.0. The molecule has 10 atom stereocenters. The smallest absolute Gasteiger partial charge is 0.336 e. The Bertz CT molecular complexity index is 1120. The molecule has 1 aromatic carbocycles. The molecule has 36 heavy (non-hydrogen) atoms. The minimum atomic E-state index is -1.73. The number of aliphatic hydroxyl groups excluding tert-OH is 8. The first-order valence-electron chi connectivity index (χ1n) is 11.1. The number of aryl methyl sites for hydroxylation is 1. The first kappa shape index (κ1) is 26.7. The Kier molecular flexibility index (Phi) is 7.82. The van der Waals surface area contributed by atoms with Crippen molar-refractivity contribution < 1.29 is 64.2 Å². The maximum atomic E-state index is 12.0. The SMILES string of the molecule is Cc1cc(=O)oc2cc(O[C@@H]3O[C@H](CO)[C@@H](O)[C@H](O)[C@H]3O)cc(O[C@@H]3O[C@H](CO)[C@@H](O)[C@H](O)[C@H]3O)c12. The molecular weight excluding hydrogens is 488 g/mol. The van der Waals surface area contributed by atoms with Crippen molar-refractivity contribution in [1.82, 2.24) is 0 Å². The molecule has 2 saturated heterocycles. The quantitative estimate of drug-likeness (QED) is 0.174. The summed E-state index contributed by atoms with van der Waals surface area (Å²) in [6.45, 7) is 0.222. The lowest BCUT2D eigenvalue weighted by atomic mass is 9.99. The van der Waals surface area contributed by atoms with Crippen LogP contribution in [0.1, 0.15) is 5.56 Å². The van der Waals surface area contributed by atoms with Gasteiger partial charge in [0.05, 0.1) is 18.6 Å². The largest absolute Gasteiger partial charge is 0.462 e. The van der Waals surface area contributed by atoms with Crippen LogP contribution in [0, 0.1) is 6.92 Å². The number of fused-ring (bicyclic) bond motifs is 1. The zero-order valence-corrected chi connectivity index (χ0v) is 18.9. The molecule has 0 bridgehead atoms. The third kappa shape index (κ3) is 4.92. The van der Waals surface area contributed by atoms with Gasteiger partial charge in [0, 0.05) is 18.2 Å². The molecule has 0 aliphatic carbocycles. The van der Waals surface area contributed by atoms with Gasteiger partial charge in [-0.15, -0.1) is 0 Å². The van der Waals surface area contributed by atoms with Gasteiger partial charge in [-0.3, -0.25) is 0 Å². The zero-order chi connectivity index (χ0) is 26.3. The molecule has 8 N–H and O–H groups in total. The molecule has 2 aromatic rings. The van der Waals surface area contributed by atoms with E-state index in [2.05, 4.69) is 0 Å².